The van der Waals surface area contributed by atoms with Crippen LogP contribution < -0.4 is 0 Å². The van der Waals surface area contributed by atoms with Crippen molar-refractivity contribution in [2.75, 3.05) is 7.11 Å². The lowest BCUT2D eigenvalue weighted by Crippen LogP contribution is -2.56. The third-order valence-electron chi connectivity index (χ3n) is 2.60. The summed E-state index contributed by atoms with van der Waals surface area (Å²) in [6.45, 7) is 7.15. The molecule has 0 aromatic heterocycles. The van der Waals surface area contributed by atoms with Crippen LogP contribution in [0.25, 0.3) is 0 Å². The molecule has 1 aliphatic heterocycles. The van der Waals surface area contributed by atoms with E-state index in [1.54, 1.807) is 0 Å². The van der Waals surface area contributed by atoms with Gasteiger partial charge in [-0.3, -0.25) is 14.4 Å². The van der Waals surface area contributed by atoms with Crippen molar-refractivity contribution in [1.82, 2.24) is 0 Å². The number of methoxy groups -OCH3 is 1. The number of esters is 3. The summed E-state index contributed by atoms with van der Waals surface area (Å²) in [5.41, 5.74) is 0. The van der Waals surface area contributed by atoms with E-state index in [1.165, 1.54) is 27.9 Å². The van der Waals surface area contributed by atoms with Crippen LogP contribution in [0.3, 0.4) is 0 Å². The van der Waals surface area contributed by atoms with Crippen molar-refractivity contribution in [3.8, 4) is 0 Å². The lowest BCUT2D eigenvalue weighted by Gasteiger charge is -2.40. The normalized spacial score (nSPS) is 28.3. The predicted molar refractivity (Wildman–Crippen MR) is 67.7 cm³/mol. The number of carbonyl (C=O) groups excluding carboxylic acids is 3. The van der Waals surface area contributed by atoms with Crippen molar-refractivity contribution in [2.24, 2.45) is 0 Å². The van der Waals surface area contributed by atoms with Crippen LogP contribution in [0.4, 0.5) is 0 Å². The van der Waals surface area contributed by atoms with Crippen molar-refractivity contribution in [2.45, 2.75) is 45.4 Å². The van der Waals surface area contributed by atoms with E-state index in [2.05, 4.69) is 6.58 Å². The van der Waals surface area contributed by atoms with Crippen molar-refractivity contribution in [3.63, 3.8) is 0 Å². The Bertz CT molecular complexity index is 443. The Kier molecular flexibility index (Phi) is 5.71. The average molecular weight is 302 g/mol. The van der Waals surface area contributed by atoms with E-state index in [0.29, 0.717) is 0 Å². The highest BCUT2D eigenvalue weighted by atomic mass is 16.7. The van der Waals surface area contributed by atoms with Gasteiger partial charge in [-0.1, -0.05) is 6.58 Å². The van der Waals surface area contributed by atoms with Gasteiger partial charge >= 0.3 is 17.9 Å². The number of hydrogen-bond donors (Lipinski definition) is 0. The number of carbonyl (C=O) groups is 3. The maximum Gasteiger partial charge on any atom is 0.303 e. The molecule has 1 aliphatic rings. The first-order chi connectivity index (χ1) is 9.76. The molecule has 0 bridgehead atoms. The second-order valence-corrected chi connectivity index (χ2v) is 4.37. The molecule has 0 spiro atoms. The fourth-order valence-corrected chi connectivity index (χ4v) is 1.92. The molecule has 0 unspecified atom stereocenters. The molecule has 0 N–H and O–H groups in total. The molecule has 4 atom stereocenters. The largest absolute Gasteiger partial charge is 0.462 e. The van der Waals surface area contributed by atoms with Crippen molar-refractivity contribution in [1.29, 1.82) is 0 Å². The van der Waals surface area contributed by atoms with Crippen LogP contribution in [0, 0.1) is 0 Å². The van der Waals surface area contributed by atoms with E-state index in [0.717, 1.165) is 0 Å². The third-order valence-corrected chi connectivity index (χ3v) is 2.60. The zero-order chi connectivity index (χ0) is 16.2. The quantitative estimate of drug-likeness (QED) is 0.540. The summed E-state index contributed by atoms with van der Waals surface area (Å²) in [6.07, 6.45) is -4.33. The lowest BCUT2D eigenvalue weighted by atomic mass is 10.0. The smallest absolute Gasteiger partial charge is 0.303 e. The Balaban J connectivity index is 3.11. The Morgan fingerprint density at radius 2 is 1.43 bits per heavy atom. The second kappa shape index (κ2) is 7.07. The third kappa shape index (κ3) is 4.45. The van der Waals surface area contributed by atoms with Crippen LogP contribution in [-0.2, 0) is 38.1 Å². The van der Waals surface area contributed by atoms with E-state index in [-0.39, 0.29) is 5.76 Å². The van der Waals surface area contributed by atoms with Gasteiger partial charge < -0.3 is 23.7 Å². The standard InChI is InChI=1S/C13H18O8/c1-6-10(19-7(2)14)11(20-8(3)15)12(21-9(4)16)13(17-5)18-6/h10-13H,1H2,2-5H3/t10-,11+,12-,13-/m1/s1. The molecule has 118 valence electrons. The average Bonchev–Trinajstić information content (AvgIpc) is 2.35. The van der Waals surface area contributed by atoms with Gasteiger partial charge in [0.15, 0.2) is 12.2 Å². The molecule has 1 fully saturated rings. The van der Waals surface area contributed by atoms with Gasteiger partial charge in [-0.15, -0.1) is 0 Å². The first kappa shape index (κ1) is 17.0. The highest BCUT2D eigenvalue weighted by Crippen LogP contribution is 2.30. The van der Waals surface area contributed by atoms with Crippen LogP contribution in [0.2, 0.25) is 0 Å². The summed E-state index contributed by atoms with van der Waals surface area (Å²) < 4.78 is 25.6. The summed E-state index contributed by atoms with van der Waals surface area (Å²) >= 11 is 0. The molecule has 0 amide bonds. The minimum atomic E-state index is -1.11. The van der Waals surface area contributed by atoms with Gasteiger partial charge in [0.2, 0.25) is 12.4 Å². The molecular formula is C13H18O8. The topological polar surface area (TPSA) is 97.4 Å². The zero-order valence-corrected chi connectivity index (χ0v) is 12.3. The Morgan fingerprint density at radius 3 is 1.86 bits per heavy atom. The molecule has 0 radical (unpaired) electrons. The maximum atomic E-state index is 11.3. The molecule has 1 saturated heterocycles. The fourth-order valence-electron chi connectivity index (χ4n) is 1.92. The van der Waals surface area contributed by atoms with Gasteiger partial charge in [0.05, 0.1) is 0 Å². The predicted octanol–water partition coefficient (Wildman–Crippen LogP) is 0.298. The summed E-state index contributed by atoms with van der Waals surface area (Å²) in [7, 11) is 1.32. The Labute approximate surface area is 121 Å². The van der Waals surface area contributed by atoms with E-state index in [4.69, 9.17) is 23.7 Å². The lowest BCUT2D eigenvalue weighted by molar-refractivity contribution is -0.253. The van der Waals surface area contributed by atoms with Gasteiger partial charge in [0, 0.05) is 27.9 Å². The van der Waals surface area contributed by atoms with Crippen LogP contribution in [0.15, 0.2) is 12.3 Å². The van der Waals surface area contributed by atoms with Crippen LogP contribution >= 0.6 is 0 Å². The molecule has 1 heterocycles. The highest BCUT2D eigenvalue weighted by Gasteiger charge is 2.49. The Morgan fingerprint density at radius 1 is 0.952 bits per heavy atom. The highest BCUT2D eigenvalue weighted by molar-refractivity contribution is 5.68. The number of rotatable bonds is 4. The first-order valence-corrected chi connectivity index (χ1v) is 6.16. The Hall–Kier alpha value is -2.09. The van der Waals surface area contributed by atoms with Crippen LogP contribution in [0.5, 0.6) is 0 Å². The van der Waals surface area contributed by atoms with Crippen molar-refractivity contribution >= 4 is 17.9 Å². The van der Waals surface area contributed by atoms with Gasteiger partial charge in [-0.2, -0.15) is 0 Å². The molecular weight excluding hydrogens is 284 g/mol. The maximum absolute atomic E-state index is 11.3. The molecule has 1 rings (SSSR count). The summed E-state index contributed by atoms with van der Waals surface area (Å²) in [6, 6.07) is 0. The van der Waals surface area contributed by atoms with Crippen molar-refractivity contribution in [3.05, 3.63) is 12.3 Å². The van der Waals surface area contributed by atoms with E-state index in [1.807, 2.05) is 0 Å². The molecule has 21 heavy (non-hydrogen) atoms. The summed E-state index contributed by atoms with van der Waals surface area (Å²) in [5, 5.41) is 0. The number of hydrogen-bond acceptors (Lipinski definition) is 8. The SMILES string of the molecule is C=C1O[C@@H](OC)[C@H](OC(C)=O)[C@@H](OC(C)=O)[C@@H]1OC(C)=O. The minimum absolute atomic E-state index is 0.0340. The second-order valence-electron chi connectivity index (χ2n) is 4.37. The van der Waals surface area contributed by atoms with Crippen LogP contribution in [-0.4, -0.2) is 49.6 Å². The van der Waals surface area contributed by atoms with Gasteiger partial charge in [0.1, 0.15) is 5.76 Å². The molecule has 0 aromatic rings. The molecule has 8 nitrogen and oxygen atoms in total. The summed E-state index contributed by atoms with van der Waals surface area (Å²) in [4.78, 5) is 33.6. The number of ether oxygens (including phenoxy) is 5. The van der Waals surface area contributed by atoms with Gasteiger partial charge in [-0.05, 0) is 0 Å². The molecule has 0 aliphatic carbocycles. The van der Waals surface area contributed by atoms with E-state index < -0.39 is 42.5 Å². The van der Waals surface area contributed by atoms with Crippen molar-refractivity contribution < 1.29 is 38.1 Å². The van der Waals surface area contributed by atoms with Crippen LogP contribution in [0.1, 0.15) is 20.8 Å². The minimum Gasteiger partial charge on any atom is -0.462 e. The summed E-state index contributed by atoms with van der Waals surface area (Å²) in [5.74, 6) is -1.86. The molecule has 8 heteroatoms. The van der Waals surface area contributed by atoms with E-state index in [9.17, 15) is 14.4 Å². The fraction of sp³-hybridized carbons (Fsp3) is 0.615. The zero-order valence-electron chi connectivity index (χ0n) is 12.3. The van der Waals surface area contributed by atoms with E-state index >= 15 is 0 Å². The molecule has 0 saturated carbocycles. The molecule has 0 aromatic carbocycles. The van der Waals surface area contributed by atoms with Gasteiger partial charge in [0.25, 0.3) is 0 Å². The van der Waals surface area contributed by atoms with Gasteiger partial charge in [-0.25, -0.2) is 0 Å². The monoisotopic (exact) mass is 302 g/mol. The first-order valence-electron chi connectivity index (χ1n) is 6.16.